The molecule has 110 valence electrons. The number of rotatable bonds is 6. The second-order valence-electron chi connectivity index (χ2n) is 4.87. The Morgan fingerprint density at radius 1 is 1.19 bits per heavy atom. The third-order valence-electron chi connectivity index (χ3n) is 3.12. The van der Waals surface area contributed by atoms with Gasteiger partial charge in [-0.15, -0.1) is 0 Å². The second kappa shape index (κ2) is 7.38. The van der Waals surface area contributed by atoms with Crippen molar-refractivity contribution in [2.45, 2.75) is 19.8 Å². The molecule has 0 bridgehead atoms. The number of carbonyl (C=O) groups excluding carboxylic acids is 1. The summed E-state index contributed by atoms with van der Waals surface area (Å²) >= 11 is 0. The van der Waals surface area contributed by atoms with Crippen LogP contribution in [0.25, 0.3) is 0 Å². The van der Waals surface area contributed by atoms with Gasteiger partial charge in [0.2, 0.25) is 5.95 Å². The molecule has 1 aromatic carbocycles. The van der Waals surface area contributed by atoms with Gasteiger partial charge in [0.05, 0.1) is 5.56 Å². The molecule has 0 atom stereocenters. The molecule has 0 saturated heterocycles. The van der Waals surface area contributed by atoms with E-state index >= 15 is 0 Å². The normalized spacial score (nSPS) is 10.2. The van der Waals surface area contributed by atoms with Crippen LogP contribution in [0.15, 0.2) is 42.7 Å². The van der Waals surface area contributed by atoms with Crippen LogP contribution in [0.5, 0.6) is 0 Å². The zero-order valence-corrected chi connectivity index (χ0v) is 12.4. The first kappa shape index (κ1) is 15.0. The lowest BCUT2D eigenvalue weighted by Gasteiger charge is -2.16. The van der Waals surface area contributed by atoms with Crippen LogP contribution in [0.2, 0.25) is 0 Å². The topological polar surface area (TPSA) is 58.1 Å². The maximum Gasteiger partial charge on any atom is 0.258 e. The number of benzene rings is 1. The largest absolute Gasteiger partial charge is 0.344 e. The number of hydrogen-bond acceptors (Lipinski definition) is 4. The lowest BCUT2D eigenvalue weighted by atomic mass is 10.3. The van der Waals surface area contributed by atoms with Gasteiger partial charge in [0.1, 0.15) is 0 Å². The molecule has 1 heterocycles. The highest BCUT2D eigenvalue weighted by Gasteiger charge is 2.09. The number of anilines is 2. The first-order valence-corrected chi connectivity index (χ1v) is 7.10. The molecule has 0 aliphatic carbocycles. The van der Waals surface area contributed by atoms with E-state index in [4.69, 9.17) is 0 Å². The van der Waals surface area contributed by atoms with Crippen LogP contribution in [-0.2, 0) is 0 Å². The maximum atomic E-state index is 12.1. The molecule has 2 aromatic rings. The Bertz CT molecular complexity index is 569. The van der Waals surface area contributed by atoms with Crippen molar-refractivity contribution in [3.63, 3.8) is 0 Å². The van der Waals surface area contributed by atoms with Gasteiger partial charge in [0, 0.05) is 31.7 Å². The van der Waals surface area contributed by atoms with E-state index in [0.717, 1.165) is 25.1 Å². The van der Waals surface area contributed by atoms with Crippen LogP contribution in [0.1, 0.15) is 30.1 Å². The molecule has 21 heavy (non-hydrogen) atoms. The average Bonchev–Trinajstić information content (AvgIpc) is 2.53. The fraction of sp³-hybridized carbons (Fsp3) is 0.312. The van der Waals surface area contributed by atoms with Crippen molar-refractivity contribution in [2.24, 2.45) is 0 Å². The highest BCUT2D eigenvalue weighted by atomic mass is 16.1. The van der Waals surface area contributed by atoms with Crippen molar-refractivity contribution in [1.29, 1.82) is 0 Å². The van der Waals surface area contributed by atoms with Crippen molar-refractivity contribution < 1.29 is 4.79 Å². The fourth-order valence-electron chi connectivity index (χ4n) is 1.86. The van der Waals surface area contributed by atoms with Gasteiger partial charge in [-0.3, -0.25) is 4.79 Å². The molecular weight excluding hydrogens is 264 g/mol. The number of hydrogen-bond donors (Lipinski definition) is 1. The summed E-state index contributed by atoms with van der Waals surface area (Å²) in [4.78, 5) is 22.5. The molecule has 5 heteroatoms. The lowest BCUT2D eigenvalue weighted by Crippen LogP contribution is -2.21. The van der Waals surface area contributed by atoms with E-state index < -0.39 is 0 Å². The summed E-state index contributed by atoms with van der Waals surface area (Å²) < 4.78 is 0. The zero-order valence-electron chi connectivity index (χ0n) is 12.4. The summed E-state index contributed by atoms with van der Waals surface area (Å²) in [6.45, 7) is 3.05. The highest BCUT2D eigenvalue weighted by molar-refractivity contribution is 6.03. The van der Waals surface area contributed by atoms with Crippen LogP contribution < -0.4 is 10.2 Å². The number of amides is 1. The summed E-state index contributed by atoms with van der Waals surface area (Å²) in [6, 6.07) is 9.33. The number of nitrogens with one attached hydrogen (secondary N) is 1. The minimum atomic E-state index is -0.205. The molecule has 0 radical (unpaired) electrons. The first-order chi connectivity index (χ1) is 10.2. The summed E-state index contributed by atoms with van der Waals surface area (Å²) in [5, 5.41) is 2.81. The molecule has 0 fully saturated rings. The van der Waals surface area contributed by atoms with E-state index in [2.05, 4.69) is 22.2 Å². The van der Waals surface area contributed by atoms with E-state index in [1.807, 2.05) is 42.3 Å². The second-order valence-corrected chi connectivity index (χ2v) is 4.87. The van der Waals surface area contributed by atoms with Gasteiger partial charge < -0.3 is 10.2 Å². The monoisotopic (exact) mass is 284 g/mol. The van der Waals surface area contributed by atoms with Gasteiger partial charge in [-0.1, -0.05) is 31.5 Å². The Morgan fingerprint density at radius 2 is 1.86 bits per heavy atom. The molecule has 0 unspecified atom stereocenters. The average molecular weight is 284 g/mol. The summed E-state index contributed by atoms with van der Waals surface area (Å²) in [5.74, 6) is 0.434. The van der Waals surface area contributed by atoms with Crippen LogP contribution in [0, 0.1) is 0 Å². The highest BCUT2D eigenvalue weighted by Crippen LogP contribution is 2.10. The van der Waals surface area contributed by atoms with E-state index in [9.17, 15) is 4.79 Å². The van der Waals surface area contributed by atoms with Gasteiger partial charge in [-0.2, -0.15) is 0 Å². The predicted octanol–water partition coefficient (Wildman–Crippen LogP) is 2.97. The van der Waals surface area contributed by atoms with E-state index in [0.29, 0.717) is 11.5 Å². The lowest BCUT2D eigenvalue weighted by molar-refractivity contribution is 0.102. The van der Waals surface area contributed by atoms with Gasteiger partial charge >= 0.3 is 0 Å². The Labute approximate surface area is 125 Å². The molecular formula is C16H20N4O. The Morgan fingerprint density at radius 3 is 2.48 bits per heavy atom. The van der Waals surface area contributed by atoms with E-state index in [1.54, 1.807) is 12.4 Å². The predicted molar refractivity (Wildman–Crippen MR) is 84.6 cm³/mol. The summed E-state index contributed by atoms with van der Waals surface area (Å²) in [7, 11) is 1.95. The quantitative estimate of drug-likeness (QED) is 0.886. The number of nitrogens with zero attached hydrogens (tertiary/aromatic N) is 3. The molecule has 5 nitrogen and oxygen atoms in total. The van der Waals surface area contributed by atoms with Crippen LogP contribution in [0.4, 0.5) is 11.6 Å². The molecule has 1 amide bonds. The number of aromatic nitrogens is 2. The Hall–Kier alpha value is -2.43. The van der Waals surface area contributed by atoms with Gasteiger partial charge in [-0.25, -0.2) is 9.97 Å². The Kier molecular flexibility index (Phi) is 5.26. The molecule has 2 rings (SSSR count). The van der Waals surface area contributed by atoms with Crippen LogP contribution in [-0.4, -0.2) is 29.5 Å². The summed E-state index contributed by atoms with van der Waals surface area (Å²) in [5.41, 5.74) is 1.21. The van der Waals surface area contributed by atoms with Crippen molar-refractivity contribution in [1.82, 2.24) is 9.97 Å². The SMILES string of the molecule is CCCCN(C)c1ncc(C(=O)Nc2ccccc2)cn1. The number of unbranched alkanes of at least 4 members (excludes halogenated alkanes) is 1. The van der Waals surface area contributed by atoms with Crippen molar-refractivity contribution in [2.75, 3.05) is 23.8 Å². The standard InChI is InChI=1S/C16H20N4O/c1-3-4-10-20(2)16-17-11-13(12-18-16)15(21)19-14-8-6-5-7-9-14/h5-9,11-12H,3-4,10H2,1-2H3,(H,19,21). The smallest absolute Gasteiger partial charge is 0.258 e. The van der Waals surface area contributed by atoms with Crippen molar-refractivity contribution in [3.8, 4) is 0 Å². The molecule has 0 spiro atoms. The summed E-state index contributed by atoms with van der Waals surface area (Å²) in [6.07, 6.45) is 5.34. The Balaban J connectivity index is 2.00. The molecule has 0 aliphatic heterocycles. The molecule has 1 N–H and O–H groups in total. The maximum absolute atomic E-state index is 12.1. The van der Waals surface area contributed by atoms with E-state index in [1.165, 1.54) is 0 Å². The van der Waals surface area contributed by atoms with Crippen LogP contribution in [0.3, 0.4) is 0 Å². The van der Waals surface area contributed by atoms with Gasteiger partial charge in [0.25, 0.3) is 5.91 Å². The van der Waals surface area contributed by atoms with Crippen molar-refractivity contribution in [3.05, 3.63) is 48.3 Å². The molecule has 0 aliphatic rings. The van der Waals surface area contributed by atoms with E-state index in [-0.39, 0.29) is 5.91 Å². The van der Waals surface area contributed by atoms with Crippen LogP contribution >= 0.6 is 0 Å². The molecule has 0 saturated carbocycles. The van der Waals surface area contributed by atoms with Gasteiger partial charge in [0.15, 0.2) is 0 Å². The van der Waals surface area contributed by atoms with Gasteiger partial charge in [-0.05, 0) is 18.6 Å². The first-order valence-electron chi connectivity index (χ1n) is 7.10. The number of carbonyl (C=O) groups is 1. The zero-order chi connectivity index (χ0) is 15.1. The minimum Gasteiger partial charge on any atom is -0.344 e. The minimum absolute atomic E-state index is 0.205. The fourth-order valence-corrected chi connectivity index (χ4v) is 1.86. The molecule has 1 aromatic heterocycles. The third-order valence-corrected chi connectivity index (χ3v) is 3.12. The third kappa shape index (κ3) is 4.27. The van der Waals surface area contributed by atoms with Crippen molar-refractivity contribution >= 4 is 17.5 Å². The number of para-hydroxylation sites is 1.